The summed E-state index contributed by atoms with van der Waals surface area (Å²) in [5.41, 5.74) is 0.472. The third-order valence-electron chi connectivity index (χ3n) is 4.28. The van der Waals surface area contributed by atoms with Crippen LogP contribution in [0.4, 0.5) is 9.93 Å². The zero-order chi connectivity index (χ0) is 16.3. The number of hydrogen-bond donors (Lipinski definition) is 3. The van der Waals surface area contributed by atoms with Gasteiger partial charge < -0.3 is 10.4 Å². The van der Waals surface area contributed by atoms with Crippen molar-refractivity contribution in [3.05, 3.63) is 24.4 Å². The molecule has 2 aromatic rings. The monoisotopic (exact) mass is 333 g/mol. The second-order valence-electron chi connectivity index (χ2n) is 5.98. The molecule has 1 saturated carbocycles. The van der Waals surface area contributed by atoms with Crippen LogP contribution in [0.25, 0.3) is 10.7 Å². The van der Waals surface area contributed by atoms with Gasteiger partial charge >= 0.3 is 6.03 Å². The Morgan fingerprint density at radius 3 is 3.09 bits per heavy atom. The number of carbonyl (C=O) groups excluding carboxylic acids is 1. The molecule has 2 atom stereocenters. The Hall–Kier alpha value is -2.06. The molecule has 2 unspecified atom stereocenters. The lowest BCUT2D eigenvalue weighted by molar-refractivity contribution is 0.122. The average Bonchev–Trinajstić information content (AvgIpc) is 3.16. The zero-order valence-electron chi connectivity index (χ0n) is 12.8. The summed E-state index contributed by atoms with van der Waals surface area (Å²) in [5.74, 6) is 0. The first-order valence-electron chi connectivity index (χ1n) is 7.54. The quantitative estimate of drug-likeness (QED) is 0.797. The largest absolute Gasteiger partial charge is 0.396 e. The van der Waals surface area contributed by atoms with Crippen molar-refractivity contribution in [1.29, 1.82) is 0 Å². The Kier molecular flexibility index (Phi) is 4.53. The zero-order valence-corrected chi connectivity index (χ0v) is 13.6. The van der Waals surface area contributed by atoms with Crippen molar-refractivity contribution in [3.8, 4) is 10.7 Å². The smallest absolute Gasteiger partial charge is 0.321 e. The second kappa shape index (κ2) is 6.59. The maximum Gasteiger partial charge on any atom is 0.321 e. The molecular formula is C15H19N5O2S. The molecule has 0 spiro atoms. The van der Waals surface area contributed by atoms with Gasteiger partial charge in [-0.3, -0.25) is 10.3 Å². The van der Waals surface area contributed by atoms with E-state index in [4.69, 9.17) is 0 Å². The third kappa shape index (κ3) is 3.48. The Morgan fingerprint density at radius 1 is 1.48 bits per heavy atom. The summed E-state index contributed by atoms with van der Waals surface area (Å²) in [4.78, 5) is 16.3. The number of nitrogens with one attached hydrogen (secondary N) is 2. The number of hydrogen-bond acceptors (Lipinski definition) is 6. The van der Waals surface area contributed by atoms with Crippen LogP contribution in [0.2, 0.25) is 0 Å². The summed E-state index contributed by atoms with van der Waals surface area (Å²) in [6.45, 7) is 2.07. The van der Waals surface area contributed by atoms with Gasteiger partial charge in [0.05, 0.1) is 6.61 Å². The fraction of sp³-hybridized carbons (Fsp3) is 0.467. The molecule has 1 aliphatic carbocycles. The van der Waals surface area contributed by atoms with Gasteiger partial charge in [0, 0.05) is 17.7 Å². The van der Waals surface area contributed by atoms with E-state index in [1.54, 1.807) is 6.20 Å². The number of amides is 2. The molecule has 1 fully saturated rings. The summed E-state index contributed by atoms with van der Waals surface area (Å²) in [7, 11) is 0. The van der Waals surface area contributed by atoms with Crippen molar-refractivity contribution in [2.45, 2.75) is 32.2 Å². The topological polar surface area (TPSA) is 100 Å². The molecule has 0 radical (unpaired) electrons. The summed E-state index contributed by atoms with van der Waals surface area (Å²) < 4.78 is 0. The highest BCUT2D eigenvalue weighted by molar-refractivity contribution is 7.18. The molecule has 3 N–H and O–H groups in total. The Bertz CT molecular complexity index is 678. The van der Waals surface area contributed by atoms with E-state index in [1.807, 2.05) is 25.1 Å². The summed E-state index contributed by atoms with van der Waals surface area (Å²) in [6.07, 6.45) is 4.48. The van der Waals surface area contributed by atoms with Crippen molar-refractivity contribution in [2.75, 3.05) is 11.9 Å². The van der Waals surface area contributed by atoms with Gasteiger partial charge in [0.15, 0.2) is 5.01 Å². The van der Waals surface area contributed by atoms with Gasteiger partial charge in [-0.2, -0.15) is 0 Å². The fourth-order valence-electron chi connectivity index (χ4n) is 2.83. The van der Waals surface area contributed by atoms with E-state index in [0.717, 1.165) is 25.0 Å². The maximum atomic E-state index is 12.1. The molecule has 7 nitrogen and oxygen atoms in total. The normalized spacial score (nSPS) is 23.7. The van der Waals surface area contributed by atoms with Gasteiger partial charge in [-0.15, -0.1) is 10.2 Å². The van der Waals surface area contributed by atoms with Crippen LogP contribution in [0.5, 0.6) is 0 Å². The van der Waals surface area contributed by atoms with Crippen LogP contribution in [-0.2, 0) is 0 Å². The van der Waals surface area contributed by atoms with Crippen LogP contribution in [0.15, 0.2) is 24.4 Å². The van der Waals surface area contributed by atoms with Gasteiger partial charge in [-0.1, -0.05) is 30.7 Å². The number of rotatable bonds is 4. The lowest BCUT2D eigenvalue weighted by Gasteiger charge is -2.29. The Morgan fingerprint density at radius 2 is 2.35 bits per heavy atom. The minimum Gasteiger partial charge on any atom is -0.396 e. The number of carbonyl (C=O) groups is 1. The van der Waals surface area contributed by atoms with E-state index in [-0.39, 0.29) is 24.1 Å². The van der Waals surface area contributed by atoms with Crippen LogP contribution >= 0.6 is 11.3 Å². The van der Waals surface area contributed by atoms with Gasteiger partial charge in [-0.05, 0) is 25.0 Å². The average molecular weight is 333 g/mol. The highest BCUT2D eigenvalue weighted by atomic mass is 32.1. The van der Waals surface area contributed by atoms with E-state index < -0.39 is 0 Å². The van der Waals surface area contributed by atoms with Crippen molar-refractivity contribution in [2.24, 2.45) is 5.41 Å². The number of aliphatic hydroxyl groups excluding tert-OH is 1. The third-order valence-corrected chi connectivity index (χ3v) is 5.14. The molecule has 3 rings (SSSR count). The first-order chi connectivity index (χ1) is 11.1. The minimum atomic E-state index is -0.319. The van der Waals surface area contributed by atoms with Gasteiger partial charge in [0.1, 0.15) is 5.69 Å². The van der Waals surface area contributed by atoms with E-state index in [9.17, 15) is 9.90 Å². The molecule has 0 saturated heterocycles. The lowest BCUT2D eigenvalue weighted by atomic mass is 9.86. The Labute approximate surface area is 138 Å². The van der Waals surface area contributed by atoms with E-state index in [1.165, 1.54) is 11.3 Å². The highest BCUT2D eigenvalue weighted by Crippen LogP contribution is 2.37. The van der Waals surface area contributed by atoms with Gasteiger partial charge in [-0.25, -0.2) is 4.79 Å². The molecule has 0 aliphatic heterocycles. The number of anilines is 1. The molecule has 23 heavy (non-hydrogen) atoms. The molecular weight excluding hydrogens is 314 g/mol. The predicted octanol–water partition coefficient (Wildman–Crippen LogP) is 2.27. The fourth-order valence-corrected chi connectivity index (χ4v) is 3.54. The molecule has 122 valence electrons. The van der Waals surface area contributed by atoms with E-state index in [2.05, 4.69) is 25.8 Å². The van der Waals surface area contributed by atoms with E-state index in [0.29, 0.717) is 10.1 Å². The number of nitrogens with zero attached hydrogens (tertiary/aromatic N) is 3. The summed E-state index contributed by atoms with van der Waals surface area (Å²) in [6, 6.07) is 5.20. The Balaban J connectivity index is 1.62. The molecule has 2 aromatic heterocycles. The number of urea groups is 1. The van der Waals surface area contributed by atoms with Gasteiger partial charge in [0.25, 0.3) is 0 Å². The minimum absolute atomic E-state index is 0.0318. The van der Waals surface area contributed by atoms with Gasteiger partial charge in [0.2, 0.25) is 5.13 Å². The molecule has 0 bridgehead atoms. The second-order valence-corrected chi connectivity index (χ2v) is 6.96. The predicted molar refractivity (Wildman–Crippen MR) is 88.1 cm³/mol. The molecule has 2 amide bonds. The number of aromatic nitrogens is 3. The van der Waals surface area contributed by atoms with Crippen LogP contribution in [-0.4, -0.2) is 39.0 Å². The van der Waals surface area contributed by atoms with Crippen LogP contribution in [0.3, 0.4) is 0 Å². The molecule has 1 aliphatic rings. The van der Waals surface area contributed by atoms with Crippen molar-refractivity contribution < 1.29 is 9.90 Å². The first kappa shape index (κ1) is 15.8. The SMILES string of the molecule is CC1(CO)CCCC1NC(=O)Nc1nnc(-c2ccccn2)s1. The molecule has 8 heteroatoms. The molecule has 2 heterocycles. The number of pyridine rings is 1. The van der Waals surface area contributed by atoms with Crippen LogP contribution in [0.1, 0.15) is 26.2 Å². The first-order valence-corrected chi connectivity index (χ1v) is 8.36. The van der Waals surface area contributed by atoms with Crippen molar-refractivity contribution >= 4 is 22.5 Å². The van der Waals surface area contributed by atoms with Crippen LogP contribution < -0.4 is 10.6 Å². The number of aliphatic hydroxyl groups is 1. The van der Waals surface area contributed by atoms with Crippen molar-refractivity contribution in [3.63, 3.8) is 0 Å². The highest BCUT2D eigenvalue weighted by Gasteiger charge is 2.39. The van der Waals surface area contributed by atoms with Crippen molar-refractivity contribution in [1.82, 2.24) is 20.5 Å². The lowest BCUT2D eigenvalue weighted by Crippen LogP contribution is -2.46. The van der Waals surface area contributed by atoms with E-state index >= 15 is 0 Å². The standard InChI is InChI=1S/C15H19N5O2S/c1-15(9-21)7-4-6-11(15)17-13(22)18-14-20-19-12(23-14)10-5-2-3-8-16-10/h2-3,5,8,11,21H,4,6-7,9H2,1H3,(H2,17,18,20,22). The maximum absolute atomic E-state index is 12.1. The van der Waals surface area contributed by atoms with Crippen LogP contribution in [0, 0.1) is 5.41 Å². The summed E-state index contributed by atoms with van der Waals surface area (Å²) >= 11 is 1.27. The summed E-state index contributed by atoms with van der Waals surface area (Å²) in [5, 5.41) is 24.3. The molecule has 0 aromatic carbocycles.